The molecule has 0 saturated carbocycles. The van der Waals surface area contributed by atoms with E-state index >= 15 is 0 Å². The van der Waals surface area contributed by atoms with Gasteiger partial charge in [0.2, 0.25) is 0 Å². The molecule has 0 radical (unpaired) electrons. The highest BCUT2D eigenvalue weighted by molar-refractivity contribution is 7.99. The topological polar surface area (TPSA) is 185 Å². The molecule has 0 unspecified atom stereocenters. The predicted molar refractivity (Wildman–Crippen MR) is 139 cm³/mol. The van der Waals surface area contributed by atoms with Gasteiger partial charge in [-0.15, -0.1) is 10.2 Å². The number of nitro benzene ring substituents is 3. The number of hydrogen-bond donors (Lipinski definition) is 1. The minimum Gasteiger partial charge on any atom is -0.302 e. The van der Waals surface area contributed by atoms with Crippen molar-refractivity contribution in [3.63, 3.8) is 0 Å². The molecular weight excluding hydrogens is 516 g/mol. The number of nitrogens with one attached hydrogen (secondary N) is 1. The number of rotatable bonds is 10. The van der Waals surface area contributed by atoms with Crippen LogP contribution in [0.3, 0.4) is 0 Å². The lowest BCUT2D eigenvalue weighted by atomic mass is 10.2. The highest BCUT2D eigenvalue weighted by Crippen LogP contribution is 2.33. The molecule has 0 bridgehead atoms. The van der Waals surface area contributed by atoms with Crippen molar-refractivity contribution in [3.8, 4) is 11.4 Å². The van der Waals surface area contributed by atoms with Crippen molar-refractivity contribution in [3.05, 3.63) is 103 Å². The van der Waals surface area contributed by atoms with Crippen LogP contribution in [0.4, 0.5) is 22.7 Å². The molecule has 0 atom stereocenters. The number of aromatic nitrogens is 3. The number of non-ortho nitro benzene ring substituents is 2. The minimum atomic E-state index is -0.776. The second kappa shape index (κ2) is 11.3. The molecule has 0 aliphatic carbocycles. The summed E-state index contributed by atoms with van der Waals surface area (Å²) >= 11 is 1.23. The van der Waals surface area contributed by atoms with Crippen LogP contribution in [0, 0.1) is 30.3 Å². The zero-order valence-electron chi connectivity index (χ0n) is 19.6. The van der Waals surface area contributed by atoms with E-state index in [2.05, 4.69) is 20.7 Å². The van der Waals surface area contributed by atoms with Gasteiger partial charge in [-0.05, 0) is 30.8 Å². The van der Waals surface area contributed by atoms with Crippen molar-refractivity contribution in [2.45, 2.75) is 23.5 Å². The smallest absolute Gasteiger partial charge is 0.301 e. The van der Waals surface area contributed by atoms with E-state index in [0.717, 1.165) is 23.8 Å². The molecule has 0 aliphatic rings. The van der Waals surface area contributed by atoms with Gasteiger partial charge in [-0.1, -0.05) is 30.3 Å². The molecule has 38 heavy (non-hydrogen) atoms. The Morgan fingerprint density at radius 1 is 0.921 bits per heavy atom. The first-order chi connectivity index (χ1) is 18.3. The molecule has 0 saturated heterocycles. The molecule has 0 amide bonds. The first kappa shape index (κ1) is 25.9. The SMILES string of the molecule is CCn1c(Sc2ccc([N+](=O)[O-])cc2/C=N\Nc2ccc([N+](=O)[O-])cc2[N+](=O)[O-])nnc1-c1ccccc1. The summed E-state index contributed by atoms with van der Waals surface area (Å²) in [4.78, 5) is 32.2. The largest absolute Gasteiger partial charge is 0.302 e. The molecule has 0 aliphatic heterocycles. The summed E-state index contributed by atoms with van der Waals surface area (Å²) in [5.41, 5.74) is 2.45. The van der Waals surface area contributed by atoms with E-state index in [4.69, 9.17) is 0 Å². The van der Waals surface area contributed by atoms with E-state index in [9.17, 15) is 30.3 Å². The first-order valence-electron chi connectivity index (χ1n) is 10.9. The number of hydrazone groups is 1. The molecule has 1 heterocycles. The van der Waals surface area contributed by atoms with Crippen molar-refractivity contribution in [1.29, 1.82) is 0 Å². The van der Waals surface area contributed by atoms with Gasteiger partial charge >= 0.3 is 5.69 Å². The fourth-order valence-electron chi connectivity index (χ4n) is 3.44. The molecule has 0 spiro atoms. The van der Waals surface area contributed by atoms with Gasteiger partial charge in [-0.2, -0.15) is 5.10 Å². The molecular formula is C23H18N8O6S. The maximum absolute atomic E-state index is 11.4. The standard InChI is InChI=1S/C23H18N8O6S/c1-2-28-22(15-6-4-3-5-7-15)26-27-23(28)38-21-11-9-17(29(32)33)12-16(21)14-24-25-19-10-8-18(30(34)35)13-20(19)31(36)37/h3-14,25H,2H2,1H3/b24-14-. The molecule has 192 valence electrons. The molecule has 0 fully saturated rings. The Balaban J connectivity index is 1.66. The van der Waals surface area contributed by atoms with Crippen LogP contribution in [-0.4, -0.2) is 35.7 Å². The van der Waals surface area contributed by atoms with Crippen molar-refractivity contribution >= 4 is 40.7 Å². The predicted octanol–water partition coefficient (Wildman–Crippen LogP) is 5.29. The summed E-state index contributed by atoms with van der Waals surface area (Å²) in [6, 6.07) is 16.8. The van der Waals surface area contributed by atoms with Crippen molar-refractivity contribution in [2.24, 2.45) is 5.10 Å². The quantitative estimate of drug-likeness (QED) is 0.159. The van der Waals surface area contributed by atoms with Gasteiger partial charge in [-0.3, -0.25) is 35.8 Å². The molecule has 3 aromatic carbocycles. The fraction of sp³-hybridized carbons (Fsp3) is 0.0870. The van der Waals surface area contributed by atoms with Crippen molar-refractivity contribution in [1.82, 2.24) is 14.8 Å². The number of anilines is 1. The Kier molecular flexibility index (Phi) is 7.67. The molecule has 4 rings (SSSR count). The second-order valence-electron chi connectivity index (χ2n) is 7.58. The summed E-state index contributed by atoms with van der Waals surface area (Å²) in [7, 11) is 0. The van der Waals surface area contributed by atoms with Crippen LogP contribution in [-0.2, 0) is 6.54 Å². The Hall–Kier alpha value is -5.18. The summed E-state index contributed by atoms with van der Waals surface area (Å²) < 4.78 is 1.90. The molecule has 14 nitrogen and oxygen atoms in total. The molecule has 4 aromatic rings. The minimum absolute atomic E-state index is 0.0882. The number of nitrogens with zero attached hydrogens (tertiary/aromatic N) is 7. The Bertz CT molecular complexity index is 1560. The number of nitro groups is 3. The molecule has 15 heteroatoms. The monoisotopic (exact) mass is 534 g/mol. The highest BCUT2D eigenvalue weighted by atomic mass is 32.2. The lowest BCUT2D eigenvalue weighted by Crippen LogP contribution is -2.01. The summed E-state index contributed by atoms with van der Waals surface area (Å²) in [6.45, 7) is 2.51. The van der Waals surface area contributed by atoms with E-state index in [0.29, 0.717) is 28.0 Å². The fourth-order valence-corrected chi connectivity index (χ4v) is 4.41. The summed E-state index contributed by atoms with van der Waals surface area (Å²) in [6.07, 6.45) is 1.27. The van der Waals surface area contributed by atoms with Gasteiger partial charge < -0.3 is 4.57 Å². The zero-order valence-corrected chi connectivity index (χ0v) is 20.4. The van der Waals surface area contributed by atoms with Crippen LogP contribution in [0.25, 0.3) is 11.4 Å². The number of hydrogen-bond acceptors (Lipinski definition) is 11. The van der Waals surface area contributed by atoms with Crippen LogP contribution in [0.15, 0.2) is 81.9 Å². The van der Waals surface area contributed by atoms with Crippen LogP contribution in [0.5, 0.6) is 0 Å². The van der Waals surface area contributed by atoms with Crippen LogP contribution >= 0.6 is 11.8 Å². The average molecular weight is 535 g/mol. The van der Waals surface area contributed by atoms with Crippen molar-refractivity contribution < 1.29 is 14.8 Å². The third kappa shape index (κ3) is 5.62. The Morgan fingerprint density at radius 3 is 2.26 bits per heavy atom. The normalized spacial score (nSPS) is 11.0. The van der Waals surface area contributed by atoms with Gasteiger partial charge in [0.1, 0.15) is 5.69 Å². The third-order valence-electron chi connectivity index (χ3n) is 5.25. The third-order valence-corrected chi connectivity index (χ3v) is 6.32. The molecule has 1 aromatic heterocycles. The summed E-state index contributed by atoms with van der Waals surface area (Å²) in [5.74, 6) is 0.667. The second-order valence-corrected chi connectivity index (χ2v) is 8.59. The maximum atomic E-state index is 11.4. The van der Waals surface area contributed by atoms with Crippen LogP contribution in [0.1, 0.15) is 12.5 Å². The van der Waals surface area contributed by atoms with Gasteiger partial charge in [0.15, 0.2) is 11.0 Å². The van der Waals surface area contributed by atoms with Gasteiger partial charge in [0.05, 0.1) is 27.1 Å². The Labute approximate surface area is 218 Å². The van der Waals surface area contributed by atoms with E-state index in [1.807, 2.05) is 41.8 Å². The molecule has 1 N–H and O–H groups in total. The highest BCUT2D eigenvalue weighted by Gasteiger charge is 2.20. The lowest BCUT2D eigenvalue weighted by Gasteiger charge is -2.09. The zero-order chi connectivity index (χ0) is 27.2. The van der Waals surface area contributed by atoms with Crippen LogP contribution in [0.2, 0.25) is 0 Å². The Morgan fingerprint density at radius 2 is 1.61 bits per heavy atom. The van der Waals surface area contributed by atoms with E-state index in [-0.39, 0.29) is 11.4 Å². The first-order valence-corrected chi connectivity index (χ1v) is 11.8. The van der Waals surface area contributed by atoms with Gasteiger partial charge in [-0.25, -0.2) is 0 Å². The lowest BCUT2D eigenvalue weighted by molar-refractivity contribution is -0.393. The van der Waals surface area contributed by atoms with E-state index in [1.165, 1.54) is 30.1 Å². The van der Waals surface area contributed by atoms with Crippen molar-refractivity contribution in [2.75, 3.05) is 5.43 Å². The van der Waals surface area contributed by atoms with Gasteiger partial charge in [0.25, 0.3) is 11.4 Å². The maximum Gasteiger partial charge on any atom is 0.301 e. The van der Waals surface area contributed by atoms with E-state index in [1.54, 1.807) is 6.07 Å². The van der Waals surface area contributed by atoms with Gasteiger partial charge in [0, 0.05) is 40.8 Å². The van der Waals surface area contributed by atoms with Crippen LogP contribution < -0.4 is 5.43 Å². The average Bonchev–Trinajstić information content (AvgIpc) is 3.32. The summed E-state index contributed by atoms with van der Waals surface area (Å²) in [5, 5.41) is 46.8. The van der Waals surface area contributed by atoms with E-state index < -0.39 is 26.1 Å². The number of benzene rings is 3.